The summed E-state index contributed by atoms with van der Waals surface area (Å²) in [5.41, 5.74) is 24.2. The topological polar surface area (TPSA) is 197 Å². The van der Waals surface area contributed by atoms with E-state index in [0.717, 1.165) is 91.4 Å². The first-order valence-electron chi connectivity index (χ1n) is 19.3. The maximum Gasteiger partial charge on any atom is 0.416 e. The molecule has 14 nitrogen and oxygen atoms in total. The summed E-state index contributed by atoms with van der Waals surface area (Å²) in [5.74, 6) is 1.15. The van der Waals surface area contributed by atoms with Crippen molar-refractivity contribution in [3.63, 3.8) is 0 Å². The third-order valence-electron chi connectivity index (χ3n) is 11.1. The highest BCUT2D eigenvalue weighted by Gasteiger charge is 2.35. The van der Waals surface area contributed by atoms with Crippen LogP contribution in [0.1, 0.15) is 74.8 Å². The largest absolute Gasteiger partial charge is 0.416 e. The molecule has 4 aromatic heterocycles. The number of halogens is 3. The van der Waals surface area contributed by atoms with Gasteiger partial charge in [0.2, 0.25) is 6.33 Å². The number of hydrogen-bond donors (Lipinski definition) is 5. The van der Waals surface area contributed by atoms with Gasteiger partial charge < -0.3 is 27.8 Å². The third-order valence-corrected chi connectivity index (χ3v) is 11.1. The first-order valence-corrected chi connectivity index (χ1v) is 19.3. The van der Waals surface area contributed by atoms with Crippen molar-refractivity contribution in [1.82, 2.24) is 34.4 Å². The Bertz CT molecular complexity index is 2660. The predicted molar refractivity (Wildman–Crippen MR) is 215 cm³/mol. The van der Waals surface area contributed by atoms with Crippen LogP contribution in [0.5, 0.6) is 0 Å². The van der Waals surface area contributed by atoms with E-state index >= 15 is 0 Å². The molecular formula is C41H41F3N13O+. The molecule has 7 aromatic rings. The summed E-state index contributed by atoms with van der Waals surface area (Å²) in [6.07, 6.45) is 5.19. The van der Waals surface area contributed by atoms with Crippen LogP contribution in [0.3, 0.4) is 0 Å². The Kier molecular flexibility index (Phi) is 9.29. The summed E-state index contributed by atoms with van der Waals surface area (Å²) >= 11 is 0. The van der Waals surface area contributed by atoms with E-state index in [1.165, 1.54) is 18.5 Å². The van der Waals surface area contributed by atoms with Crippen molar-refractivity contribution in [3.05, 3.63) is 90.5 Å². The lowest BCUT2D eigenvalue weighted by molar-refractivity contribution is -0.775. The highest BCUT2D eigenvalue weighted by atomic mass is 19.4. The van der Waals surface area contributed by atoms with Gasteiger partial charge in [-0.15, -0.1) is 4.68 Å². The van der Waals surface area contributed by atoms with Crippen LogP contribution in [0, 0.1) is 0 Å². The number of anilines is 5. The second-order valence-corrected chi connectivity index (χ2v) is 15.0. The molecule has 296 valence electrons. The van der Waals surface area contributed by atoms with Gasteiger partial charge in [0.15, 0.2) is 11.5 Å². The molecule has 0 unspecified atom stereocenters. The number of fused-ring (bicyclic) bond motifs is 2. The molecule has 58 heavy (non-hydrogen) atoms. The van der Waals surface area contributed by atoms with Gasteiger partial charge in [-0.25, -0.2) is 24.1 Å². The van der Waals surface area contributed by atoms with E-state index < -0.39 is 17.8 Å². The minimum Gasteiger partial charge on any atom is -0.399 e. The summed E-state index contributed by atoms with van der Waals surface area (Å²) in [4.78, 5) is 32.0. The fraction of sp³-hybridized carbons (Fsp3) is 0.293. The van der Waals surface area contributed by atoms with Crippen molar-refractivity contribution in [2.45, 2.75) is 76.2 Å². The maximum absolute atomic E-state index is 13.2. The molecule has 2 aliphatic rings. The smallest absolute Gasteiger partial charge is 0.399 e. The number of carbonyl (C=O) groups is 1. The van der Waals surface area contributed by atoms with E-state index in [-0.39, 0.29) is 30.1 Å². The number of nitrogens with zero attached hydrogens (tertiary/aromatic N) is 8. The predicted octanol–water partition coefficient (Wildman–Crippen LogP) is 7.88. The molecule has 0 atom stereocenters. The Morgan fingerprint density at radius 3 is 2.21 bits per heavy atom. The Morgan fingerprint density at radius 1 is 0.793 bits per heavy atom. The number of benzene rings is 3. The normalized spacial score (nSPS) is 15.2. The molecular weight excluding hydrogens is 748 g/mol. The zero-order chi connectivity index (χ0) is 40.1. The van der Waals surface area contributed by atoms with Gasteiger partial charge in [-0.3, -0.25) is 0 Å². The molecule has 0 aliphatic heterocycles. The van der Waals surface area contributed by atoms with Crippen molar-refractivity contribution in [2.75, 3.05) is 27.8 Å². The van der Waals surface area contributed by atoms with Gasteiger partial charge in [-0.2, -0.15) is 23.3 Å². The summed E-state index contributed by atoms with van der Waals surface area (Å²) in [6.45, 7) is 0.264. The average molecular weight is 789 g/mol. The number of rotatable bonds is 8. The second-order valence-electron chi connectivity index (χ2n) is 15.0. The van der Waals surface area contributed by atoms with E-state index in [1.54, 1.807) is 24.3 Å². The van der Waals surface area contributed by atoms with E-state index in [1.807, 2.05) is 28.9 Å². The molecule has 3 aromatic carbocycles. The lowest BCUT2D eigenvalue weighted by Crippen LogP contribution is -2.48. The lowest BCUT2D eigenvalue weighted by Gasteiger charge is -2.15. The van der Waals surface area contributed by atoms with E-state index in [2.05, 4.69) is 25.0 Å². The molecule has 2 saturated carbocycles. The Labute approximate surface area is 330 Å². The van der Waals surface area contributed by atoms with Crippen LogP contribution in [0.2, 0.25) is 0 Å². The third kappa shape index (κ3) is 6.85. The number of carbonyl (C=O) groups excluding carboxylic acids is 1. The van der Waals surface area contributed by atoms with Gasteiger partial charge >= 0.3 is 17.9 Å². The highest BCUT2D eigenvalue weighted by Crippen LogP contribution is 2.39. The minimum absolute atomic E-state index is 0.0143. The van der Waals surface area contributed by atoms with Crippen molar-refractivity contribution < 1.29 is 22.6 Å². The Morgan fingerprint density at radius 2 is 1.48 bits per heavy atom. The quantitative estimate of drug-likeness (QED) is 0.0751. The molecule has 2 fully saturated rings. The van der Waals surface area contributed by atoms with Crippen LogP contribution in [0.4, 0.5) is 46.7 Å². The van der Waals surface area contributed by atoms with Gasteiger partial charge in [0.05, 0.1) is 17.0 Å². The van der Waals surface area contributed by atoms with Gasteiger partial charge in [0, 0.05) is 28.2 Å². The number of hydrogen-bond acceptors (Lipinski definition) is 9. The zero-order valence-electron chi connectivity index (χ0n) is 31.4. The van der Waals surface area contributed by atoms with Crippen molar-refractivity contribution >= 4 is 56.8 Å². The average Bonchev–Trinajstić information content (AvgIpc) is 4.02. The first kappa shape index (κ1) is 36.8. The molecule has 17 heteroatoms. The van der Waals surface area contributed by atoms with Crippen LogP contribution in [0.25, 0.3) is 44.6 Å². The molecule has 0 spiro atoms. The number of amides is 2. The monoisotopic (exact) mass is 788 g/mol. The first-order chi connectivity index (χ1) is 28.0. The molecule has 0 bridgehead atoms. The number of urea groups is 1. The standard InChI is InChI=1S/C41H40F3N13O/c42-41(43,44)25-6-5-7-28(20-25)51-40(58)50-27-18-14-23(15-19-27)34-32-37(47)52-31(53-39(32)56(54-34)29-8-1-2-9-29)21-55-35(24-12-16-26(45)17-13-24)33-36(46)48-22-49-38(33)57(55)30-10-3-4-11-30/h5-7,12-20,22,29-30H,1-4,8-11,21H2,(H7,45,46,47,48,49,50,51,52,53,54,58)/p+1. The Balaban J connectivity index is 1.09. The van der Waals surface area contributed by atoms with Crippen LogP contribution in [0.15, 0.2) is 79.1 Å². The zero-order valence-corrected chi connectivity index (χ0v) is 31.4. The van der Waals surface area contributed by atoms with Gasteiger partial charge in [0.1, 0.15) is 41.0 Å². The van der Waals surface area contributed by atoms with Crippen LogP contribution in [-0.4, -0.2) is 40.4 Å². The summed E-state index contributed by atoms with van der Waals surface area (Å²) in [5, 5.41) is 11.6. The molecule has 2 aliphatic carbocycles. The minimum atomic E-state index is -4.53. The molecule has 2 amide bonds. The van der Waals surface area contributed by atoms with Gasteiger partial charge in [-0.1, -0.05) is 43.2 Å². The van der Waals surface area contributed by atoms with E-state index in [9.17, 15) is 18.0 Å². The van der Waals surface area contributed by atoms with Crippen molar-refractivity contribution in [1.29, 1.82) is 0 Å². The fourth-order valence-corrected chi connectivity index (χ4v) is 8.45. The number of nitrogens with one attached hydrogen (secondary N) is 2. The molecule has 4 heterocycles. The maximum atomic E-state index is 13.2. The van der Waals surface area contributed by atoms with Gasteiger partial charge in [-0.05, 0) is 86.0 Å². The summed E-state index contributed by atoms with van der Waals surface area (Å²) in [7, 11) is 0. The molecule has 0 radical (unpaired) electrons. The highest BCUT2D eigenvalue weighted by molar-refractivity contribution is 6.01. The van der Waals surface area contributed by atoms with Gasteiger partial charge in [0.25, 0.3) is 0 Å². The van der Waals surface area contributed by atoms with Crippen molar-refractivity contribution in [3.8, 4) is 22.5 Å². The Hall–Kier alpha value is -6.78. The lowest BCUT2D eigenvalue weighted by atomic mass is 10.1. The fourth-order valence-electron chi connectivity index (χ4n) is 8.45. The summed E-state index contributed by atoms with van der Waals surface area (Å²) < 4.78 is 45.9. The summed E-state index contributed by atoms with van der Waals surface area (Å²) in [6, 6.07) is 18.7. The molecule has 8 N–H and O–H groups in total. The van der Waals surface area contributed by atoms with Crippen molar-refractivity contribution in [2.24, 2.45) is 0 Å². The second kappa shape index (κ2) is 14.6. The van der Waals surface area contributed by atoms with Crippen LogP contribution < -0.4 is 32.5 Å². The van der Waals surface area contributed by atoms with E-state index in [4.69, 9.17) is 37.3 Å². The molecule has 9 rings (SSSR count). The van der Waals surface area contributed by atoms with Crippen LogP contribution in [-0.2, 0) is 12.7 Å². The number of nitrogen functional groups attached to an aromatic ring is 3. The number of aromatic nitrogens is 8. The molecule has 0 saturated heterocycles. The van der Waals surface area contributed by atoms with Crippen LogP contribution >= 0.6 is 0 Å². The number of nitrogens with two attached hydrogens (primary N) is 3. The number of alkyl halides is 3. The SMILES string of the molecule is Nc1ccc(-c2c3c(N)ncnc3[n+](C3CCCC3)n2Cc2nc(N)c3c(-c4ccc(NC(=O)Nc5cccc(C(F)(F)F)c5)cc4)nn(C4CCCC4)c3n2)cc1. The van der Waals surface area contributed by atoms with E-state index in [0.29, 0.717) is 39.7 Å².